The van der Waals surface area contributed by atoms with E-state index in [4.69, 9.17) is 4.74 Å². The topological polar surface area (TPSA) is 58.6 Å². The van der Waals surface area contributed by atoms with E-state index in [2.05, 4.69) is 25.9 Å². The van der Waals surface area contributed by atoms with E-state index < -0.39 is 41.2 Å². The zero-order valence-corrected chi connectivity index (χ0v) is 22.2. The number of carbonyl (C=O) groups is 1. The molecule has 0 saturated carbocycles. The molecule has 6 nitrogen and oxygen atoms in total. The minimum Gasteiger partial charge on any atom is -0.444 e. The number of halogens is 7. The van der Waals surface area contributed by atoms with Crippen molar-refractivity contribution in [3.05, 3.63) is 51.8 Å². The Bertz CT molecular complexity index is 1070. The van der Waals surface area contributed by atoms with E-state index in [1.54, 1.807) is 20.8 Å². The van der Waals surface area contributed by atoms with Gasteiger partial charge in [0.15, 0.2) is 0 Å². The lowest BCUT2D eigenvalue weighted by atomic mass is 10.0. The van der Waals surface area contributed by atoms with Gasteiger partial charge in [0.05, 0.1) is 21.6 Å². The van der Waals surface area contributed by atoms with Gasteiger partial charge in [-0.05, 0) is 73.3 Å². The Morgan fingerprint density at radius 1 is 1.05 bits per heavy atom. The highest BCUT2D eigenvalue weighted by Crippen LogP contribution is 2.37. The van der Waals surface area contributed by atoms with Crippen LogP contribution < -0.4 is 4.90 Å². The molecule has 2 heterocycles. The van der Waals surface area contributed by atoms with Crippen molar-refractivity contribution in [3.63, 3.8) is 0 Å². The van der Waals surface area contributed by atoms with E-state index in [1.807, 2.05) is 6.92 Å². The second-order valence-corrected chi connectivity index (χ2v) is 10.7. The molecular weight excluding hydrogens is 570 g/mol. The van der Waals surface area contributed by atoms with Gasteiger partial charge in [-0.3, -0.25) is 0 Å². The van der Waals surface area contributed by atoms with Crippen LogP contribution in [0, 0.1) is 0 Å². The van der Waals surface area contributed by atoms with E-state index in [1.165, 1.54) is 22.2 Å². The van der Waals surface area contributed by atoms with E-state index in [9.17, 15) is 31.1 Å². The van der Waals surface area contributed by atoms with Crippen molar-refractivity contribution < 1.29 is 35.9 Å². The Kier molecular flexibility index (Phi) is 8.35. The summed E-state index contributed by atoms with van der Waals surface area (Å²) in [5, 5.41) is 0. The van der Waals surface area contributed by atoms with Crippen LogP contribution in [0.3, 0.4) is 0 Å². The average molecular weight is 597 g/mol. The lowest BCUT2D eigenvalue weighted by molar-refractivity contribution is -0.143. The third-order valence-electron chi connectivity index (χ3n) is 5.80. The van der Waals surface area contributed by atoms with Crippen molar-refractivity contribution in [1.82, 2.24) is 14.9 Å². The minimum absolute atomic E-state index is 0.0941. The maximum atomic E-state index is 13.4. The zero-order valence-electron chi connectivity index (χ0n) is 20.6. The molecule has 0 bridgehead atoms. The molecule has 1 aliphatic rings. The SMILES string of the molecule is CCC1C[C@H](N(Cc2cc(C(F)(F)F)cc(C(F)(F)F)c2)c2ncc(Br)cn2)CN1C(=O)OC(C)(C)C. The van der Waals surface area contributed by atoms with Gasteiger partial charge in [-0.15, -0.1) is 0 Å². The Labute approximate surface area is 219 Å². The molecule has 1 aromatic heterocycles. The highest BCUT2D eigenvalue weighted by Gasteiger charge is 2.41. The number of aromatic nitrogens is 2. The lowest BCUT2D eigenvalue weighted by Crippen LogP contribution is -2.42. The molecule has 1 saturated heterocycles. The predicted molar refractivity (Wildman–Crippen MR) is 128 cm³/mol. The van der Waals surface area contributed by atoms with Gasteiger partial charge < -0.3 is 14.5 Å². The summed E-state index contributed by atoms with van der Waals surface area (Å²) in [6.45, 7) is 6.87. The minimum atomic E-state index is -4.97. The summed E-state index contributed by atoms with van der Waals surface area (Å²) < 4.78 is 86.7. The molecule has 1 unspecified atom stereocenters. The zero-order chi connectivity index (χ0) is 27.8. The predicted octanol–water partition coefficient (Wildman–Crippen LogP) is 7.07. The van der Waals surface area contributed by atoms with Gasteiger partial charge in [-0.1, -0.05) is 6.92 Å². The summed E-state index contributed by atoms with van der Waals surface area (Å²) in [5.41, 5.74) is -3.75. The number of carbonyl (C=O) groups excluding carboxylic acids is 1. The van der Waals surface area contributed by atoms with Crippen LogP contribution in [0.2, 0.25) is 0 Å². The maximum Gasteiger partial charge on any atom is 0.416 e. The summed E-state index contributed by atoms with van der Waals surface area (Å²) in [4.78, 5) is 24.4. The summed E-state index contributed by atoms with van der Waals surface area (Å²) in [5.74, 6) is 0.111. The van der Waals surface area contributed by atoms with E-state index >= 15 is 0 Å². The number of benzene rings is 1. The molecule has 2 atom stereocenters. The molecule has 1 aromatic carbocycles. The van der Waals surface area contributed by atoms with Gasteiger partial charge >= 0.3 is 18.4 Å². The number of ether oxygens (including phenoxy) is 1. The highest BCUT2D eigenvalue weighted by atomic mass is 79.9. The van der Waals surface area contributed by atoms with Crippen molar-refractivity contribution in [3.8, 4) is 0 Å². The van der Waals surface area contributed by atoms with E-state index in [-0.39, 0.29) is 36.7 Å². The number of hydrogen-bond acceptors (Lipinski definition) is 5. The first-order valence-corrected chi connectivity index (χ1v) is 12.3. The van der Waals surface area contributed by atoms with Crippen molar-refractivity contribution in [2.75, 3.05) is 11.4 Å². The Hall–Kier alpha value is -2.57. The van der Waals surface area contributed by atoms with Crippen LogP contribution in [0.5, 0.6) is 0 Å². The first-order chi connectivity index (χ1) is 17.0. The van der Waals surface area contributed by atoms with Crippen LogP contribution in [0.4, 0.5) is 37.1 Å². The Balaban J connectivity index is 2.01. The van der Waals surface area contributed by atoms with Crippen molar-refractivity contribution in [2.24, 2.45) is 0 Å². The fourth-order valence-corrected chi connectivity index (χ4v) is 4.38. The van der Waals surface area contributed by atoms with Gasteiger partial charge in [0, 0.05) is 31.5 Å². The average Bonchev–Trinajstić information content (AvgIpc) is 3.20. The molecule has 3 rings (SSSR count). The standard InChI is InChI=1S/C24H27BrF6N4O2/c1-5-18-9-19(13-35(18)21(36)37-22(2,3)4)34(20-32-10-17(25)11-33-20)12-14-6-15(23(26,27)28)8-16(7-14)24(29,30)31/h6-8,10-11,18-19H,5,9,12-13H2,1-4H3/t18?,19-/m0/s1. The van der Waals surface area contributed by atoms with Gasteiger partial charge in [0.1, 0.15) is 5.60 Å². The molecular formula is C24H27BrF6N4O2. The van der Waals surface area contributed by atoms with Gasteiger partial charge in [-0.25, -0.2) is 14.8 Å². The summed E-state index contributed by atoms with van der Waals surface area (Å²) >= 11 is 3.22. The fraction of sp³-hybridized carbons (Fsp3) is 0.542. The third-order valence-corrected chi connectivity index (χ3v) is 6.21. The normalized spacial score (nSPS) is 18.7. The number of alkyl halides is 6. The number of rotatable bonds is 5. The number of hydrogen-bond donors (Lipinski definition) is 0. The molecule has 0 radical (unpaired) electrons. The van der Waals surface area contributed by atoms with Gasteiger partial charge in [0.25, 0.3) is 0 Å². The molecule has 0 spiro atoms. The van der Waals surface area contributed by atoms with Crippen molar-refractivity contribution >= 4 is 28.0 Å². The van der Waals surface area contributed by atoms with Crippen LogP contribution in [0.1, 0.15) is 57.2 Å². The molecule has 1 aliphatic heterocycles. The van der Waals surface area contributed by atoms with E-state index in [0.717, 1.165) is 0 Å². The van der Waals surface area contributed by atoms with Gasteiger partial charge in [0.2, 0.25) is 5.95 Å². The van der Waals surface area contributed by atoms with Crippen LogP contribution >= 0.6 is 15.9 Å². The molecule has 1 amide bonds. The second kappa shape index (κ2) is 10.7. The molecule has 37 heavy (non-hydrogen) atoms. The Morgan fingerprint density at radius 3 is 2.05 bits per heavy atom. The summed E-state index contributed by atoms with van der Waals surface area (Å²) in [6, 6.07) is 0.752. The number of anilines is 1. The monoisotopic (exact) mass is 596 g/mol. The molecule has 0 N–H and O–H groups in total. The number of likely N-dealkylation sites (tertiary alicyclic amines) is 1. The number of amides is 1. The molecule has 13 heteroatoms. The Morgan fingerprint density at radius 2 is 1.59 bits per heavy atom. The van der Waals surface area contributed by atoms with Crippen LogP contribution in [0.25, 0.3) is 0 Å². The smallest absolute Gasteiger partial charge is 0.416 e. The first-order valence-electron chi connectivity index (χ1n) is 11.5. The summed E-state index contributed by atoms with van der Waals surface area (Å²) in [6.07, 6.45) is -6.64. The molecule has 2 aromatic rings. The van der Waals surface area contributed by atoms with Crippen LogP contribution in [-0.2, 0) is 23.6 Å². The largest absolute Gasteiger partial charge is 0.444 e. The van der Waals surface area contributed by atoms with E-state index in [0.29, 0.717) is 29.4 Å². The van der Waals surface area contributed by atoms with Crippen LogP contribution in [-0.4, -0.2) is 45.2 Å². The summed E-state index contributed by atoms with van der Waals surface area (Å²) in [7, 11) is 0. The second-order valence-electron chi connectivity index (χ2n) is 9.83. The van der Waals surface area contributed by atoms with Crippen LogP contribution in [0.15, 0.2) is 35.1 Å². The maximum absolute atomic E-state index is 13.4. The molecule has 0 aliphatic carbocycles. The quantitative estimate of drug-likeness (QED) is 0.345. The van der Waals surface area contributed by atoms with Crippen molar-refractivity contribution in [2.45, 2.75) is 77.1 Å². The molecule has 204 valence electrons. The first kappa shape index (κ1) is 29.0. The number of nitrogens with zero attached hydrogens (tertiary/aromatic N) is 4. The van der Waals surface area contributed by atoms with Crippen molar-refractivity contribution in [1.29, 1.82) is 0 Å². The lowest BCUT2D eigenvalue weighted by Gasteiger charge is -2.30. The third kappa shape index (κ3) is 7.48. The fourth-order valence-electron chi connectivity index (χ4n) is 4.17. The highest BCUT2D eigenvalue weighted by molar-refractivity contribution is 9.10. The van der Waals surface area contributed by atoms with Gasteiger partial charge in [-0.2, -0.15) is 26.3 Å². The molecule has 1 fully saturated rings.